The lowest BCUT2D eigenvalue weighted by Gasteiger charge is -2.13. The number of nitrogens with two attached hydrogens (primary N) is 1. The second-order valence-electron chi connectivity index (χ2n) is 5.55. The molecular weight excluding hydrogens is 284 g/mol. The van der Waals surface area contributed by atoms with Gasteiger partial charge in [-0.1, -0.05) is 42.5 Å². The third-order valence-electron chi connectivity index (χ3n) is 3.70. The minimum atomic E-state index is -3.31. The highest BCUT2D eigenvalue weighted by atomic mass is 32.2. The fourth-order valence-corrected chi connectivity index (χ4v) is 3.13. The number of benzene rings is 2. The summed E-state index contributed by atoms with van der Waals surface area (Å²) in [5.41, 5.74) is 9.56. The average molecular weight is 302 g/mol. The number of hydrogen-bond donors (Lipinski definition) is 2. The molecule has 1 aliphatic rings. The second kappa shape index (κ2) is 5.16. The Morgan fingerprint density at radius 1 is 1.10 bits per heavy atom. The van der Waals surface area contributed by atoms with E-state index in [1.54, 1.807) is 0 Å². The zero-order chi connectivity index (χ0) is 15.0. The standard InChI is InChI=1S/C16H18N2O2S/c1-21(19,20)18-16-9-12(11-5-3-2-4-6-11)7-8-13(16)14-10-15(14)17/h2-9,14-15,18H,10,17H2,1H3. The molecule has 1 fully saturated rings. The molecule has 0 saturated heterocycles. The van der Waals surface area contributed by atoms with Crippen LogP contribution in [0.2, 0.25) is 0 Å². The van der Waals surface area contributed by atoms with Crippen molar-refractivity contribution in [2.45, 2.75) is 18.4 Å². The molecule has 0 aromatic heterocycles. The molecule has 0 amide bonds. The Morgan fingerprint density at radius 3 is 2.33 bits per heavy atom. The Balaban J connectivity index is 2.04. The van der Waals surface area contributed by atoms with Crippen LogP contribution in [0.5, 0.6) is 0 Å². The molecule has 0 heterocycles. The summed E-state index contributed by atoms with van der Waals surface area (Å²) in [6, 6.07) is 15.9. The highest BCUT2D eigenvalue weighted by Crippen LogP contribution is 2.43. The van der Waals surface area contributed by atoms with Gasteiger partial charge in [0.15, 0.2) is 0 Å². The summed E-state index contributed by atoms with van der Waals surface area (Å²) in [4.78, 5) is 0. The maximum absolute atomic E-state index is 11.6. The van der Waals surface area contributed by atoms with Gasteiger partial charge in [-0.25, -0.2) is 8.42 Å². The van der Waals surface area contributed by atoms with Gasteiger partial charge in [0.25, 0.3) is 0 Å². The molecule has 2 atom stereocenters. The number of hydrogen-bond acceptors (Lipinski definition) is 3. The summed E-state index contributed by atoms with van der Waals surface area (Å²) in [5.74, 6) is 0.249. The second-order valence-corrected chi connectivity index (χ2v) is 7.30. The first-order chi connectivity index (χ1) is 9.94. The highest BCUT2D eigenvalue weighted by Gasteiger charge is 2.36. The van der Waals surface area contributed by atoms with E-state index in [4.69, 9.17) is 5.73 Å². The van der Waals surface area contributed by atoms with Gasteiger partial charge < -0.3 is 5.73 Å². The third-order valence-corrected chi connectivity index (χ3v) is 4.29. The molecule has 2 aromatic carbocycles. The number of sulfonamides is 1. The van der Waals surface area contributed by atoms with Gasteiger partial charge in [0.05, 0.1) is 11.9 Å². The van der Waals surface area contributed by atoms with Crippen LogP contribution in [0.3, 0.4) is 0 Å². The van der Waals surface area contributed by atoms with Crippen molar-refractivity contribution in [3.63, 3.8) is 0 Å². The van der Waals surface area contributed by atoms with Crippen LogP contribution in [0.25, 0.3) is 11.1 Å². The minimum Gasteiger partial charge on any atom is -0.327 e. The molecule has 2 unspecified atom stereocenters. The summed E-state index contributed by atoms with van der Waals surface area (Å²) < 4.78 is 25.8. The first kappa shape index (κ1) is 14.1. The summed E-state index contributed by atoms with van der Waals surface area (Å²) in [7, 11) is -3.31. The van der Waals surface area contributed by atoms with Gasteiger partial charge in [0.1, 0.15) is 0 Å². The third kappa shape index (κ3) is 3.25. The molecule has 2 aromatic rings. The van der Waals surface area contributed by atoms with Crippen molar-refractivity contribution in [1.82, 2.24) is 0 Å². The van der Waals surface area contributed by atoms with E-state index in [9.17, 15) is 8.42 Å². The van der Waals surface area contributed by atoms with Crippen LogP contribution in [-0.4, -0.2) is 20.7 Å². The van der Waals surface area contributed by atoms with Crippen LogP contribution in [-0.2, 0) is 10.0 Å². The van der Waals surface area contributed by atoms with Crippen molar-refractivity contribution in [1.29, 1.82) is 0 Å². The predicted octanol–water partition coefficient (Wildman–Crippen LogP) is 2.54. The van der Waals surface area contributed by atoms with Crippen LogP contribution in [0.15, 0.2) is 48.5 Å². The Labute approximate surface area is 125 Å². The Kier molecular flexibility index (Phi) is 3.47. The van der Waals surface area contributed by atoms with Crippen molar-refractivity contribution in [3.8, 4) is 11.1 Å². The molecule has 21 heavy (non-hydrogen) atoms. The lowest BCUT2D eigenvalue weighted by molar-refractivity contribution is 0.606. The zero-order valence-corrected chi connectivity index (χ0v) is 12.6. The molecule has 4 nitrogen and oxygen atoms in total. The number of rotatable bonds is 4. The average Bonchev–Trinajstić information content (AvgIpc) is 3.15. The highest BCUT2D eigenvalue weighted by molar-refractivity contribution is 7.92. The van der Waals surface area contributed by atoms with Crippen LogP contribution in [0.4, 0.5) is 5.69 Å². The van der Waals surface area contributed by atoms with E-state index >= 15 is 0 Å². The van der Waals surface area contributed by atoms with Gasteiger partial charge in [0.2, 0.25) is 10.0 Å². The van der Waals surface area contributed by atoms with Crippen LogP contribution >= 0.6 is 0 Å². The molecule has 0 radical (unpaired) electrons. The van der Waals surface area contributed by atoms with Crippen LogP contribution in [0.1, 0.15) is 17.9 Å². The lowest BCUT2D eigenvalue weighted by atomic mass is 10.0. The van der Waals surface area contributed by atoms with Crippen molar-refractivity contribution in [3.05, 3.63) is 54.1 Å². The van der Waals surface area contributed by atoms with Gasteiger partial charge in [-0.2, -0.15) is 0 Å². The molecule has 5 heteroatoms. The van der Waals surface area contributed by atoms with Crippen LogP contribution < -0.4 is 10.5 Å². The summed E-state index contributed by atoms with van der Waals surface area (Å²) in [5, 5.41) is 0. The molecule has 3 rings (SSSR count). The maximum atomic E-state index is 11.6. The smallest absolute Gasteiger partial charge is 0.229 e. The van der Waals surface area contributed by atoms with E-state index in [1.165, 1.54) is 6.26 Å². The summed E-state index contributed by atoms with van der Waals surface area (Å²) in [6.45, 7) is 0. The number of nitrogens with one attached hydrogen (secondary N) is 1. The summed E-state index contributed by atoms with van der Waals surface area (Å²) in [6.07, 6.45) is 2.07. The Bertz CT molecular complexity index is 757. The number of anilines is 1. The molecular formula is C16H18N2O2S. The molecule has 0 aliphatic heterocycles. The van der Waals surface area contributed by atoms with Crippen molar-refractivity contribution in [2.24, 2.45) is 5.73 Å². The normalized spacial score (nSPS) is 21.0. The molecule has 0 bridgehead atoms. The Morgan fingerprint density at radius 2 is 1.76 bits per heavy atom. The van der Waals surface area contributed by atoms with E-state index in [0.29, 0.717) is 5.69 Å². The van der Waals surface area contributed by atoms with Gasteiger partial charge in [-0.15, -0.1) is 0 Å². The quantitative estimate of drug-likeness (QED) is 0.911. The van der Waals surface area contributed by atoms with Crippen molar-refractivity contribution in [2.75, 3.05) is 11.0 Å². The zero-order valence-electron chi connectivity index (χ0n) is 11.8. The minimum absolute atomic E-state index is 0.132. The van der Waals surface area contributed by atoms with Gasteiger partial charge >= 0.3 is 0 Å². The maximum Gasteiger partial charge on any atom is 0.229 e. The predicted molar refractivity (Wildman–Crippen MR) is 85.7 cm³/mol. The first-order valence-electron chi connectivity index (χ1n) is 6.87. The molecule has 1 saturated carbocycles. The SMILES string of the molecule is CS(=O)(=O)Nc1cc(-c2ccccc2)ccc1C1CC1N. The molecule has 1 aliphatic carbocycles. The van der Waals surface area contributed by atoms with Crippen LogP contribution in [0, 0.1) is 0 Å². The van der Waals surface area contributed by atoms with Crippen molar-refractivity contribution < 1.29 is 8.42 Å². The fourth-order valence-electron chi connectivity index (χ4n) is 2.55. The van der Waals surface area contributed by atoms with E-state index in [1.807, 2.05) is 48.5 Å². The monoisotopic (exact) mass is 302 g/mol. The van der Waals surface area contributed by atoms with Gasteiger partial charge in [-0.3, -0.25) is 4.72 Å². The van der Waals surface area contributed by atoms with E-state index in [2.05, 4.69) is 4.72 Å². The topological polar surface area (TPSA) is 72.2 Å². The Hall–Kier alpha value is -1.85. The molecule has 110 valence electrons. The fraction of sp³-hybridized carbons (Fsp3) is 0.250. The van der Waals surface area contributed by atoms with Gasteiger partial charge in [-0.05, 0) is 29.2 Å². The lowest BCUT2D eigenvalue weighted by Crippen LogP contribution is -2.12. The molecule has 3 N–H and O–H groups in total. The van der Waals surface area contributed by atoms with E-state index < -0.39 is 10.0 Å². The first-order valence-corrected chi connectivity index (χ1v) is 8.76. The van der Waals surface area contributed by atoms with Crippen molar-refractivity contribution >= 4 is 15.7 Å². The van der Waals surface area contributed by atoms with Gasteiger partial charge in [0, 0.05) is 12.0 Å². The van der Waals surface area contributed by atoms with E-state index in [-0.39, 0.29) is 12.0 Å². The van der Waals surface area contributed by atoms with E-state index in [0.717, 1.165) is 23.1 Å². The molecule has 0 spiro atoms. The largest absolute Gasteiger partial charge is 0.327 e. The summed E-state index contributed by atoms with van der Waals surface area (Å²) >= 11 is 0.